The van der Waals surface area contributed by atoms with Crippen LogP contribution in [-0.2, 0) is 6.54 Å². The van der Waals surface area contributed by atoms with Gasteiger partial charge in [-0.15, -0.1) is 24.0 Å². The molecular weight excluding hydrogens is 451 g/mol. The summed E-state index contributed by atoms with van der Waals surface area (Å²) in [6, 6.07) is 16.8. The topological polar surface area (TPSA) is 45.7 Å². The van der Waals surface area contributed by atoms with E-state index in [2.05, 4.69) is 39.4 Å². The lowest BCUT2D eigenvalue weighted by Crippen LogP contribution is -2.38. The smallest absolute Gasteiger partial charge is 0.387 e. The van der Waals surface area contributed by atoms with Gasteiger partial charge < -0.3 is 15.4 Å². The third-order valence-electron chi connectivity index (χ3n) is 3.75. The van der Waals surface area contributed by atoms with Gasteiger partial charge in [0.25, 0.3) is 0 Å². The molecule has 0 fully saturated rings. The second-order valence-electron chi connectivity index (χ2n) is 5.64. The lowest BCUT2D eigenvalue weighted by molar-refractivity contribution is -0.0498. The Morgan fingerprint density at radius 3 is 2.46 bits per heavy atom. The van der Waals surface area contributed by atoms with Crippen molar-refractivity contribution < 1.29 is 13.5 Å². The summed E-state index contributed by atoms with van der Waals surface area (Å²) < 4.78 is 28.9. The summed E-state index contributed by atoms with van der Waals surface area (Å²) >= 11 is 0. The third-order valence-corrected chi connectivity index (χ3v) is 3.75. The zero-order valence-corrected chi connectivity index (χ0v) is 17.1. The summed E-state index contributed by atoms with van der Waals surface area (Å²) in [7, 11) is 1.69. The van der Waals surface area contributed by atoms with E-state index in [-0.39, 0.29) is 29.7 Å². The Kier molecular flexibility index (Phi) is 9.93. The highest BCUT2D eigenvalue weighted by Gasteiger charge is 2.07. The van der Waals surface area contributed by atoms with Crippen molar-refractivity contribution in [3.05, 3.63) is 65.7 Å². The van der Waals surface area contributed by atoms with Crippen LogP contribution in [0.15, 0.2) is 59.6 Å². The first-order valence-corrected chi connectivity index (χ1v) is 8.11. The van der Waals surface area contributed by atoms with Crippen LogP contribution in [0.4, 0.5) is 8.78 Å². The molecule has 0 aliphatic heterocycles. The van der Waals surface area contributed by atoms with Crippen molar-refractivity contribution in [3.63, 3.8) is 0 Å². The number of aliphatic imine (C=N–C) groups is 1. The molecule has 1 atom stereocenters. The Labute approximate surface area is 170 Å². The molecule has 7 heteroatoms. The summed E-state index contributed by atoms with van der Waals surface area (Å²) in [5.74, 6) is 1.14. The maximum absolute atomic E-state index is 12.3. The number of rotatable bonds is 7. The maximum atomic E-state index is 12.3. The number of guanidine groups is 1. The van der Waals surface area contributed by atoms with E-state index in [1.165, 1.54) is 11.6 Å². The number of halogens is 3. The standard InChI is InChI=1S/C19H23F2N3O.HI/c1-14(16-8-4-3-5-9-16)12-23-19(22-2)24-13-15-7-6-10-17(11-15)25-18(20)21;/h3-11,14,18H,12-13H2,1-2H3,(H2,22,23,24);1H. The highest BCUT2D eigenvalue weighted by atomic mass is 127. The van der Waals surface area contributed by atoms with E-state index in [9.17, 15) is 8.78 Å². The van der Waals surface area contributed by atoms with Gasteiger partial charge in [0.05, 0.1) is 0 Å². The van der Waals surface area contributed by atoms with Gasteiger partial charge in [-0.3, -0.25) is 4.99 Å². The predicted molar refractivity (Wildman–Crippen MR) is 112 cm³/mol. The Morgan fingerprint density at radius 1 is 1.08 bits per heavy atom. The van der Waals surface area contributed by atoms with Gasteiger partial charge in [0, 0.05) is 20.1 Å². The number of nitrogens with one attached hydrogen (secondary N) is 2. The molecule has 2 aromatic rings. The summed E-state index contributed by atoms with van der Waals surface area (Å²) in [6.07, 6.45) is 0. The first kappa shape index (κ1) is 22.1. The van der Waals surface area contributed by atoms with Crippen molar-refractivity contribution in [2.24, 2.45) is 4.99 Å². The molecule has 0 aliphatic rings. The van der Waals surface area contributed by atoms with Gasteiger partial charge in [-0.25, -0.2) is 0 Å². The van der Waals surface area contributed by atoms with E-state index < -0.39 is 6.61 Å². The van der Waals surface area contributed by atoms with Gasteiger partial charge in [-0.2, -0.15) is 8.78 Å². The Morgan fingerprint density at radius 2 is 1.81 bits per heavy atom. The fraction of sp³-hybridized carbons (Fsp3) is 0.316. The zero-order chi connectivity index (χ0) is 18.1. The molecule has 0 amide bonds. The highest BCUT2D eigenvalue weighted by Crippen LogP contribution is 2.16. The second kappa shape index (κ2) is 11.7. The van der Waals surface area contributed by atoms with Crippen molar-refractivity contribution in [2.45, 2.75) is 26.0 Å². The lowest BCUT2D eigenvalue weighted by Gasteiger charge is -2.16. The van der Waals surface area contributed by atoms with Gasteiger partial charge in [0.2, 0.25) is 0 Å². The lowest BCUT2D eigenvalue weighted by atomic mass is 10.0. The van der Waals surface area contributed by atoms with Gasteiger partial charge >= 0.3 is 6.61 Å². The normalized spacial score (nSPS) is 12.3. The van der Waals surface area contributed by atoms with Crippen LogP contribution < -0.4 is 15.4 Å². The van der Waals surface area contributed by atoms with E-state index in [0.717, 1.165) is 12.1 Å². The molecule has 1 unspecified atom stereocenters. The number of nitrogens with zero attached hydrogens (tertiary/aromatic N) is 1. The second-order valence-corrected chi connectivity index (χ2v) is 5.64. The first-order chi connectivity index (χ1) is 12.1. The van der Waals surface area contributed by atoms with E-state index in [1.807, 2.05) is 24.3 Å². The van der Waals surface area contributed by atoms with Crippen LogP contribution in [0.5, 0.6) is 5.75 Å². The Balaban J connectivity index is 0.00000338. The van der Waals surface area contributed by atoms with Crippen LogP contribution in [-0.4, -0.2) is 26.2 Å². The molecule has 0 saturated heterocycles. The number of ether oxygens (including phenoxy) is 1. The van der Waals surface area contributed by atoms with Gasteiger partial charge in [0.1, 0.15) is 5.75 Å². The van der Waals surface area contributed by atoms with Gasteiger partial charge in [0.15, 0.2) is 5.96 Å². The van der Waals surface area contributed by atoms with Crippen molar-refractivity contribution in [1.29, 1.82) is 0 Å². The molecule has 142 valence electrons. The molecule has 2 aromatic carbocycles. The van der Waals surface area contributed by atoms with E-state index in [4.69, 9.17) is 0 Å². The SMILES string of the molecule is CN=C(NCc1cccc(OC(F)F)c1)NCC(C)c1ccccc1.I. The molecule has 26 heavy (non-hydrogen) atoms. The van der Waals surface area contributed by atoms with Crippen molar-refractivity contribution in [3.8, 4) is 5.75 Å². The summed E-state index contributed by atoms with van der Waals surface area (Å²) in [4.78, 5) is 4.18. The molecule has 0 spiro atoms. The Hall–Kier alpha value is -1.90. The van der Waals surface area contributed by atoms with Crippen LogP contribution in [0, 0.1) is 0 Å². The maximum Gasteiger partial charge on any atom is 0.387 e. The fourth-order valence-electron chi connectivity index (χ4n) is 2.39. The zero-order valence-electron chi connectivity index (χ0n) is 14.8. The minimum atomic E-state index is -2.82. The summed E-state index contributed by atoms with van der Waals surface area (Å²) in [5.41, 5.74) is 2.08. The molecule has 0 aliphatic carbocycles. The van der Waals surface area contributed by atoms with Gasteiger partial charge in [-0.1, -0.05) is 49.4 Å². The largest absolute Gasteiger partial charge is 0.435 e. The van der Waals surface area contributed by atoms with E-state index >= 15 is 0 Å². The average molecular weight is 475 g/mol. The first-order valence-electron chi connectivity index (χ1n) is 8.11. The molecule has 0 aromatic heterocycles. The molecule has 0 radical (unpaired) electrons. The minimum Gasteiger partial charge on any atom is -0.435 e. The van der Waals surface area contributed by atoms with Crippen molar-refractivity contribution >= 4 is 29.9 Å². The van der Waals surface area contributed by atoms with Crippen LogP contribution in [0.3, 0.4) is 0 Å². The highest BCUT2D eigenvalue weighted by molar-refractivity contribution is 14.0. The number of alkyl halides is 2. The van der Waals surface area contributed by atoms with E-state index in [0.29, 0.717) is 18.4 Å². The average Bonchev–Trinajstić information content (AvgIpc) is 2.62. The summed E-state index contributed by atoms with van der Waals surface area (Å²) in [5, 5.41) is 6.44. The quantitative estimate of drug-likeness (QED) is 0.355. The van der Waals surface area contributed by atoms with E-state index in [1.54, 1.807) is 19.2 Å². The molecule has 2 rings (SSSR count). The Bertz CT molecular complexity index is 683. The number of benzene rings is 2. The molecule has 0 heterocycles. The molecular formula is C19H24F2IN3O. The molecule has 0 bridgehead atoms. The summed E-state index contributed by atoms with van der Waals surface area (Å²) in [6.45, 7) is 0.510. The number of hydrogen-bond donors (Lipinski definition) is 2. The third kappa shape index (κ3) is 7.55. The van der Waals surface area contributed by atoms with Crippen molar-refractivity contribution in [2.75, 3.05) is 13.6 Å². The number of hydrogen-bond acceptors (Lipinski definition) is 2. The van der Waals surface area contributed by atoms with Crippen LogP contribution in [0.2, 0.25) is 0 Å². The van der Waals surface area contributed by atoms with Crippen LogP contribution in [0.25, 0.3) is 0 Å². The predicted octanol–water partition coefficient (Wildman–Crippen LogP) is 4.37. The van der Waals surface area contributed by atoms with Gasteiger partial charge in [-0.05, 0) is 29.2 Å². The molecule has 4 nitrogen and oxygen atoms in total. The molecule has 2 N–H and O–H groups in total. The van der Waals surface area contributed by atoms with Crippen molar-refractivity contribution in [1.82, 2.24) is 10.6 Å². The van der Waals surface area contributed by atoms with Crippen LogP contribution >= 0.6 is 24.0 Å². The molecule has 0 saturated carbocycles. The minimum absolute atomic E-state index is 0. The monoisotopic (exact) mass is 475 g/mol. The van der Waals surface area contributed by atoms with Crippen LogP contribution in [0.1, 0.15) is 24.0 Å². The fourth-order valence-corrected chi connectivity index (χ4v) is 2.39.